The van der Waals surface area contributed by atoms with E-state index in [1.54, 1.807) is 0 Å². The molecular weight excluding hydrogens is 244 g/mol. The van der Waals surface area contributed by atoms with Gasteiger partial charge in [0.1, 0.15) is 6.61 Å². The molecule has 0 aromatic heterocycles. The molecule has 0 unspecified atom stereocenters. The molecule has 0 radical (unpaired) electrons. The minimum absolute atomic E-state index is 0.413. The lowest BCUT2D eigenvalue weighted by Crippen LogP contribution is -2.42. The normalized spacial score (nSPS) is 16.9. The zero-order chi connectivity index (χ0) is 14.1. The highest BCUT2D eigenvalue weighted by Crippen LogP contribution is 2.22. The first-order chi connectivity index (χ1) is 9.13. The van der Waals surface area contributed by atoms with E-state index in [0.717, 1.165) is 19.6 Å². The van der Waals surface area contributed by atoms with Gasteiger partial charge >= 0.3 is 6.16 Å². The predicted molar refractivity (Wildman–Crippen MR) is 75.4 cm³/mol. The highest BCUT2D eigenvalue weighted by atomic mass is 16.7. The fraction of sp³-hybridized carbons (Fsp3) is 0.929. The molecule has 0 saturated heterocycles. The Morgan fingerprint density at radius 1 is 1.11 bits per heavy atom. The summed E-state index contributed by atoms with van der Waals surface area (Å²) in [6.07, 6.45) is 5.95. The lowest BCUT2D eigenvalue weighted by Gasteiger charge is -2.34. The van der Waals surface area contributed by atoms with Gasteiger partial charge < -0.3 is 14.4 Å². The van der Waals surface area contributed by atoms with Gasteiger partial charge in [-0.15, -0.1) is 0 Å². The smallest absolute Gasteiger partial charge is 0.438 e. The van der Waals surface area contributed by atoms with Gasteiger partial charge in [-0.2, -0.15) is 0 Å². The number of methoxy groups -OCH3 is 1. The number of carbonyl (C=O) groups is 1. The summed E-state index contributed by atoms with van der Waals surface area (Å²) in [4.78, 5) is 15.6. The molecule has 5 heteroatoms. The fourth-order valence-electron chi connectivity index (χ4n) is 2.56. The second kappa shape index (κ2) is 9.15. The van der Waals surface area contributed by atoms with Crippen LogP contribution in [0.4, 0.5) is 4.79 Å². The van der Waals surface area contributed by atoms with Crippen molar-refractivity contribution in [1.29, 1.82) is 0 Å². The SMILES string of the molecule is COC(=O)OCCN(CCN(C)C)C1CCCCC1. The minimum Gasteiger partial charge on any atom is -0.438 e. The highest BCUT2D eigenvalue weighted by Gasteiger charge is 2.21. The van der Waals surface area contributed by atoms with E-state index in [9.17, 15) is 4.79 Å². The zero-order valence-corrected chi connectivity index (χ0v) is 12.6. The third-order valence-electron chi connectivity index (χ3n) is 3.69. The number of likely N-dealkylation sites (N-methyl/N-ethyl adjacent to an activating group) is 1. The van der Waals surface area contributed by atoms with Gasteiger partial charge in [0.2, 0.25) is 0 Å². The van der Waals surface area contributed by atoms with Crippen molar-refractivity contribution in [3.63, 3.8) is 0 Å². The fourth-order valence-corrected chi connectivity index (χ4v) is 2.56. The molecule has 19 heavy (non-hydrogen) atoms. The Morgan fingerprint density at radius 2 is 1.79 bits per heavy atom. The van der Waals surface area contributed by atoms with Crippen molar-refractivity contribution in [3.05, 3.63) is 0 Å². The maximum Gasteiger partial charge on any atom is 0.508 e. The molecule has 1 aliphatic carbocycles. The van der Waals surface area contributed by atoms with Crippen LogP contribution in [0.2, 0.25) is 0 Å². The Kier molecular flexibility index (Phi) is 7.82. The van der Waals surface area contributed by atoms with Gasteiger partial charge in [-0.1, -0.05) is 19.3 Å². The summed E-state index contributed by atoms with van der Waals surface area (Å²) >= 11 is 0. The van der Waals surface area contributed by atoms with Crippen molar-refractivity contribution in [3.8, 4) is 0 Å². The molecule has 0 heterocycles. The van der Waals surface area contributed by atoms with Crippen molar-refractivity contribution in [2.24, 2.45) is 0 Å². The molecule has 1 rings (SSSR count). The molecular formula is C14H28N2O3. The van der Waals surface area contributed by atoms with Crippen molar-refractivity contribution >= 4 is 6.16 Å². The summed E-state index contributed by atoms with van der Waals surface area (Å²) < 4.78 is 9.49. The minimum atomic E-state index is -0.587. The lowest BCUT2D eigenvalue weighted by atomic mass is 9.94. The largest absolute Gasteiger partial charge is 0.508 e. The predicted octanol–water partition coefficient (Wildman–Crippen LogP) is 1.97. The lowest BCUT2D eigenvalue weighted by molar-refractivity contribution is 0.0525. The molecule has 1 saturated carbocycles. The summed E-state index contributed by atoms with van der Waals surface area (Å²) in [5.41, 5.74) is 0. The standard InChI is InChI=1S/C14H28N2O3/c1-15(2)9-10-16(11-12-19-14(17)18-3)13-7-5-4-6-8-13/h13H,4-12H2,1-3H3. The third-order valence-corrected chi connectivity index (χ3v) is 3.69. The van der Waals surface area contributed by atoms with Crippen LogP contribution < -0.4 is 0 Å². The average molecular weight is 272 g/mol. The van der Waals surface area contributed by atoms with Gasteiger partial charge in [-0.05, 0) is 26.9 Å². The van der Waals surface area contributed by atoms with Crippen molar-refractivity contribution in [2.45, 2.75) is 38.1 Å². The topological polar surface area (TPSA) is 42.0 Å². The number of carbonyl (C=O) groups excluding carboxylic acids is 1. The number of ether oxygens (including phenoxy) is 2. The van der Waals surface area contributed by atoms with Crippen LogP contribution in [0.3, 0.4) is 0 Å². The Hall–Kier alpha value is -0.810. The molecule has 0 N–H and O–H groups in total. The van der Waals surface area contributed by atoms with Gasteiger partial charge in [0.15, 0.2) is 0 Å². The van der Waals surface area contributed by atoms with E-state index in [4.69, 9.17) is 4.74 Å². The van der Waals surface area contributed by atoms with E-state index in [2.05, 4.69) is 28.6 Å². The quantitative estimate of drug-likeness (QED) is 0.663. The Bertz CT molecular complexity index is 253. The number of rotatable bonds is 7. The summed E-state index contributed by atoms with van der Waals surface area (Å²) in [7, 11) is 5.52. The first-order valence-corrected chi connectivity index (χ1v) is 7.23. The molecule has 0 aromatic carbocycles. The van der Waals surface area contributed by atoms with Gasteiger partial charge in [0.25, 0.3) is 0 Å². The second-order valence-corrected chi connectivity index (χ2v) is 5.43. The van der Waals surface area contributed by atoms with E-state index in [1.165, 1.54) is 39.2 Å². The molecule has 0 spiro atoms. The monoisotopic (exact) mass is 272 g/mol. The summed E-state index contributed by atoms with van der Waals surface area (Å²) in [5.74, 6) is 0. The van der Waals surface area contributed by atoms with Gasteiger partial charge in [-0.3, -0.25) is 4.90 Å². The van der Waals surface area contributed by atoms with Gasteiger partial charge in [-0.25, -0.2) is 4.79 Å². The van der Waals surface area contributed by atoms with E-state index in [-0.39, 0.29) is 0 Å². The third kappa shape index (κ3) is 6.78. The summed E-state index contributed by atoms with van der Waals surface area (Å²) in [6.45, 7) is 3.28. The van der Waals surface area contributed by atoms with Crippen LogP contribution in [0, 0.1) is 0 Å². The molecule has 0 amide bonds. The molecule has 1 fully saturated rings. The molecule has 0 bridgehead atoms. The van der Waals surface area contributed by atoms with Crippen molar-refractivity contribution in [1.82, 2.24) is 9.80 Å². The molecule has 0 aromatic rings. The molecule has 1 aliphatic rings. The molecule has 5 nitrogen and oxygen atoms in total. The number of hydrogen-bond donors (Lipinski definition) is 0. The maximum atomic E-state index is 11.0. The van der Waals surface area contributed by atoms with Crippen LogP contribution in [0.5, 0.6) is 0 Å². The van der Waals surface area contributed by atoms with Crippen LogP contribution in [0.15, 0.2) is 0 Å². The highest BCUT2D eigenvalue weighted by molar-refractivity contribution is 5.59. The average Bonchev–Trinajstić information content (AvgIpc) is 2.43. The summed E-state index contributed by atoms with van der Waals surface area (Å²) in [6, 6.07) is 0.648. The Morgan fingerprint density at radius 3 is 2.37 bits per heavy atom. The van der Waals surface area contributed by atoms with Gasteiger partial charge in [0.05, 0.1) is 7.11 Å². The molecule has 112 valence electrons. The van der Waals surface area contributed by atoms with Crippen LogP contribution in [-0.2, 0) is 9.47 Å². The van der Waals surface area contributed by atoms with E-state index >= 15 is 0 Å². The first kappa shape index (κ1) is 16.2. The first-order valence-electron chi connectivity index (χ1n) is 7.23. The number of hydrogen-bond acceptors (Lipinski definition) is 5. The van der Waals surface area contributed by atoms with E-state index < -0.39 is 6.16 Å². The van der Waals surface area contributed by atoms with E-state index in [0.29, 0.717) is 12.6 Å². The van der Waals surface area contributed by atoms with Gasteiger partial charge in [0, 0.05) is 25.7 Å². The van der Waals surface area contributed by atoms with Crippen molar-refractivity contribution in [2.75, 3.05) is 47.4 Å². The molecule has 0 aliphatic heterocycles. The maximum absolute atomic E-state index is 11.0. The van der Waals surface area contributed by atoms with Crippen LogP contribution in [0.25, 0.3) is 0 Å². The zero-order valence-electron chi connectivity index (χ0n) is 12.6. The second-order valence-electron chi connectivity index (χ2n) is 5.43. The van der Waals surface area contributed by atoms with Crippen LogP contribution >= 0.6 is 0 Å². The number of nitrogens with zero attached hydrogens (tertiary/aromatic N) is 2. The van der Waals surface area contributed by atoms with Crippen LogP contribution in [-0.4, -0.2) is 69.4 Å². The summed E-state index contributed by atoms with van der Waals surface area (Å²) in [5, 5.41) is 0. The van der Waals surface area contributed by atoms with Crippen molar-refractivity contribution < 1.29 is 14.3 Å². The molecule has 0 atom stereocenters. The van der Waals surface area contributed by atoms with Crippen LogP contribution in [0.1, 0.15) is 32.1 Å². The Labute approximate surface area is 116 Å². The van der Waals surface area contributed by atoms with E-state index in [1.807, 2.05) is 0 Å². The Balaban J connectivity index is 2.36.